The van der Waals surface area contributed by atoms with Crippen molar-refractivity contribution in [3.05, 3.63) is 0 Å². The normalized spacial score (nSPS) is 37.6. The monoisotopic (exact) mass is 324 g/mol. The number of carboxylic acids is 1. The van der Waals surface area contributed by atoms with Crippen LogP contribution >= 0.6 is 0 Å². The number of hydrogen-bond donors (Lipinski definition) is 1. The van der Waals surface area contributed by atoms with Gasteiger partial charge in [0.1, 0.15) is 9.84 Å². The maximum absolute atomic E-state index is 11.7. The van der Waals surface area contributed by atoms with Gasteiger partial charge >= 0.3 is 5.97 Å². The second-order valence-corrected chi connectivity index (χ2v) is 10.6. The third kappa shape index (κ3) is 2.86. The van der Waals surface area contributed by atoms with Crippen molar-refractivity contribution in [2.75, 3.05) is 17.8 Å². The Morgan fingerprint density at radius 3 is 2.40 bits per heavy atom. The molecular weight excluding hydrogens is 304 g/mol. The Labute approximate surface area is 119 Å². The van der Waals surface area contributed by atoms with Crippen LogP contribution in [-0.4, -0.2) is 50.9 Å². The summed E-state index contributed by atoms with van der Waals surface area (Å²) in [5.41, 5.74) is -1.29. The molecule has 116 valence electrons. The molecule has 2 rings (SSSR count). The second-order valence-electron chi connectivity index (χ2n) is 6.12. The first kappa shape index (κ1) is 15.8. The van der Waals surface area contributed by atoms with Gasteiger partial charge in [-0.3, -0.25) is 4.79 Å². The first-order valence-electron chi connectivity index (χ1n) is 6.69. The van der Waals surface area contributed by atoms with Crippen LogP contribution in [0.25, 0.3) is 0 Å². The van der Waals surface area contributed by atoms with Gasteiger partial charge in [-0.15, -0.1) is 0 Å². The van der Waals surface area contributed by atoms with E-state index in [-0.39, 0.29) is 30.3 Å². The van der Waals surface area contributed by atoms with Gasteiger partial charge in [-0.2, -0.15) is 0 Å². The van der Waals surface area contributed by atoms with Crippen LogP contribution in [0.3, 0.4) is 0 Å². The van der Waals surface area contributed by atoms with Gasteiger partial charge < -0.3 is 5.11 Å². The highest BCUT2D eigenvalue weighted by Gasteiger charge is 2.54. The Hall–Kier alpha value is -0.630. The third-order valence-electron chi connectivity index (χ3n) is 4.78. The molecule has 0 radical (unpaired) electrons. The molecule has 0 amide bonds. The van der Waals surface area contributed by atoms with Crippen molar-refractivity contribution in [2.24, 2.45) is 11.3 Å². The fourth-order valence-corrected chi connectivity index (χ4v) is 6.86. The highest BCUT2D eigenvalue weighted by molar-refractivity contribution is 7.91. The van der Waals surface area contributed by atoms with Crippen LogP contribution in [0.2, 0.25) is 0 Å². The number of aliphatic carboxylic acids is 1. The number of carboxylic acid groups (broad SMARTS) is 1. The van der Waals surface area contributed by atoms with Crippen LogP contribution < -0.4 is 0 Å². The Morgan fingerprint density at radius 1 is 1.30 bits per heavy atom. The summed E-state index contributed by atoms with van der Waals surface area (Å²) in [5, 5.41) is 8.98. The molecule has 2 aliphatic rings. The zero-order valence-corrected chi connectivity index (χ0v) is 13.0. The smallest absolute Gasteiger partial charge is 0.310 e. The lowest BCUT2D eigenvalue weighted by Gasteiger charge is -2.38. The van der Waals surface area contributed by atoms with Gasteiger partial charge in [0.05, 0.1) is 22.2 Å². The van der Waals surface area contributed by atoms with Crippen molar-refractivity contribution in [1.82, 2.24) is 0 Å². The van der Waals surface area contributed by atoms with E-state index in [1.54, 1.807) is 0 Å². The summed E-state index contributed by atoms with van der Waals surface area (Å²) in [6, 6.07) is 0. The quantitative estimate of drug-likeness (QED) is 0.809. The van der Waals surface area contributed by atoms with Crippen LogP contribution in [0.15, 0.2) is 0 Å². The molecule has 1 saturated carbocycles. The molecule has 3 atom stereocenters. The highest BCUT2D eigenvalue weighted by Crippen LogP contribution is 2.47. The molecule has 0 bridgehead atoms. The van der Waals surface area contributed by atoms with E-state index in [2.05, 4.69) is 0 Å². The largest absolute Gasteiger partial charge is 0.481 e. The van der Waals surface area contributed by atoms with Gasteiger partial charge in [0.25, 0.3) is 0 Å². The van der Waals surface area contributed by atoms with Crippen LogP contribution in [0, 0.1) is 11.3 Å². The predicted molar refractivity (Wildman–Crippen MR) is 73.9 cm³/mol. The van der Waals surface area contributed by atoms with Gasteiger partial charge in [0.15, 0.2) is 9.84 Å². The molecule has 0 aromatic heterocycles. The minimum atomic E-state index is -3.33. The summed E-state index contributed by atoms with van der Waals surface area (Å²) in [6.45, 7) is 0. The predicted octanol–water partition coefficient (Wildman–Crippen LogP) is 0.479. The Kier molecular flexibility index (Phi) is 3.92. The summed E-state index contributed by atoms with van der Waals surface area (Å²) in [5.74, 6) is -1.93. The first-order valence-corrected chi connectivity index (χ1v) is 10.5. The average Bonchev–Trinajstić information content (AvgIpc) is 2.66. The van der Waals surface area contributed by atoms with E-state index in [4.69, 9.17) is 0 Å². The van der Waals surface area contributed by atoms with E-state index in [1.165, 1.54) is 6.26 Å². The standard InChI is InChI=1S/C12H20O6S2/c1-19(15,16)10-4-2-3-9(7-10)12(11(13)14)5-6-20(17,18)8-12/h9-10H,2-8H2,1H3,(H,13,14). The second kappa shape index (κ2) is 4.98. The van der Waals surface area contributed by atoms with Crippen LogP contribution in [0.4, 0.5) is 0 Å². The molecular formula is C12H20O6S2. The van der Waals surface area contributed by atoms with Gasteiger partial charge in [-0.1, -0.05) is 6.42 Å². The Bertz CT molecular complexity index is 606. The van der Waals surface area contributed by atoms with E-state index < -0.39 is 36.3 Å². The molecule has 8 heteroatoms. The molecule has 0 spiro atoms. The van der Waals surface area contributed by atoms with Crippen molar-refractivity contribution < 1.29 is 26.7 Å². The lowest BCUT2D eigenvalue weighted by Crippen LogP contribution is -2.44. The molecule has 1 N–H and O–H groups in total. The van der Waals surface area contributed by atoms with Gasteiger partial charge in [-0.05, 0) is 31.6 Å². The van der Waals surface area contributed by atoms with Crippen molar-refractivity contribution in [3.63, 3.8) is 0 Å². The molecule has 1 aliphatic heterocycles. The van der Waals surface area contributed by atoms with Crippen molar-refractivity contribution in [3.8, 4) is 0 Å². The fraction of sp³-hybridized carbons (Fsp3) is 0.917. The number of rotatable bonds is 3. The number of sulfone groups is 2. The maximum atomic E-state index is 11.7. The van der Waals surface area contributed by atoms with Gasteiger partial charge in [0, 0.05) is 6.26 Å². The van der Waals surface area contributed by atoms with Gasteiger partial charge in [-0.25, -0.2) is 16.8 Å². The molecule has 0 aromatic rings. The molecule has 2 fully saturated rings. The molecule has 3 unspecified atom stereocenters. The van der Waals surface area contributed by atoms with Gasteiger partial charge in [0.2, 0.25) is 0 Å². The Balaban J connectivity index is 2.30. The van der Waals surface area contributed by atoms with E-state index in [0.29, 0.717) is 19.3 Å². The lowest BCUT2D eigenvalue weighted by molar-refractivity contribution is -0.151. The lowest BCUT2D eigenvalue weighted by atomic mass is 9.68. The first-order chi connectivity index (χ1) is 9.07. The van der Waals surface area contributed by atoms with Crippen LogP contribution in [0.5, 0.6) is 0 Å². The summed E-state index contributed by atoms with van der Waals surface area (Å²) in [7, 11) is -6.54. The summed E-state index contributed by atoms with van der Waals surface area (Å²) >= 11 is 0. The molecule has 20 heavy (non-hydrogen) atoms. The SMILES string of the molecule is CS(=O)(=O)C1CCCC(C2(C(=O)O)CCS(=O)(=O)C2)C1. The van der Waals surface area contributed by atoms with Crippen molar-refractivity contribution >= 4 is 25.6 Å². The number of hydrogen-bond acceptors (Lipinski definition) is 5. The van der Waals surface area contributed by atoms with E-state index in [1.807, 2.05) is 0 Å². The number of carbonyl (C=O) groups is 1. The fourth-order valence-electron chi connectivity index (χ4n) is 3.58. The van der Waals surface area contributed by atoms with Crippen molar-refractivity contribution in [1.29, 1.82) is 0 Å². The van der Waals surface area contributed by atoms with E-state index in [9.17, 15) is 26.7 Å². The van der Waals surface area contributed by atoms with Crippen molar-refractivity contribution in [2.45, 2.75) is 37.4 Å². The highest BCUT2D eigenvalue weighted by atomic mass is 32.2. The zero-order chi connectivity index (χ0) is 15.2. The minimum Gasteiger partial charge on any atom is -0.481 e. The minimum absolute atomic E-state index is 0.103. The summed E-state index contributed by atoms with van der Waals surface area (Å²) < 4.78 is 46.7. The summed E-state index contributed by atoms with van der Waals surface area (Å²) in [6.07, 6.45) is 3.30. The van der Waals surface area contributed by atoms with E-state index in [0.717, 1.165) is 0 Å². The summed E-state index contributed by atoms with van der Waals surface area (Å²) in [4.78, 5) is 11.7. The van der Waals surface area contributed by atoms with Crippen LogP contribution in [0.1, 0.15) is 32.1 Å². The zero-order valence-electron chi connectivity index (χ0n) is 11.4. The van der Waals surface area contributed by atoms with Crippen LogP contribution in [-0.2, 0) is 24.5 Å². The van der Waals surface area contributed by atoms with E-state index >= 15 is 0 Å². The Morgan fingerprint density at radius 2 is 1.95 bits per heavy atom. The maximum Gasteiger partial charge on any atom is 0.310 e. The third-order valence-corrected chi connectivity index (χ3v) is 8.20. The molecule has 1 heterocycles. The molecule has 1 saturated heterocycles. The molecule has 0 aromatic carbocycles. The molecule has 1 aliphatic carbocycles. The average molecular weight is 324 g/mol. The molecule has 6 nitrogen and oxygen atoms in total. The topological polar surface area (TPSA) is 106 Å².